The van der Waals surface area contributed by atoms with Crippen LogP contribution >= 0.6 is 11.6 Å². The number of pyridine rings is 1. The highest BCUT2D eigenvalue weighted by molar-refractivity contribution is 6.31. The number of nitrogens with one attached hydrogen (secondary N) is 1. The second-order valence-electron chi connectivity index (χ2n) is 8.25. The molecule has 2 aromatic heterocycles. The molecule has 10 heteroatoms. The maximum atomic E-state index is 13.5. The second-order valence-corrected chi connectivity index (χ2v) is 8.66. The van der Waals surface area contributed by atoms with E-state index < -0.39 is 17.5 Å². The Balaban J connectivity index is 1.51. The van der Waals surface area contributed by atoms with Crippen LogP contribution in [-0.2, 0) is 9.47 Å². The summed E-state index contributed by atoms with van der Waals surface area (Å²) in [5.41, 5.74) is 1.68. The lowest BCUT2D eigenvalue weighted by Crippen LogP contribution is -2.57. The molecule has 2 unspecified atom stereocenters. The molecular formula is C24H25ClFN5O3. The normalized spacial score (nSPS) is 20.1. The molecule has 0 bridgehead atoms. The first kappa shape index (κ1) is 23.8. The summed E-state index contributed by atoms with van der Waals surface area (Å²) in [6, 6.07) is 6.16. The van der Waals surface area contributed by atoms with Crippen LogP contribution in [0.3, 0.4) is 0 Å². The molecule has 8 nitrogen and oxygen atoms in total. The molecule has 0 amide bonds. The summed E-state index contributed by atoms with van der Waals surface area (Å²) in [7, 11) is 0. The number of ether oxygens (including phenoxy) is 2. The highest BCUT2D eigenvalue weighted by Gasteiger charge is 2.36. The fraction of sp³-hybridized carbons (Fsp3) is 0.333. The van der Waals surface area contributed by atoms with Crippen molar-refractivity contribution in [2.24, 2.45) is 0 Å². The van der Waals surface area contributed by atoms with Crippen LogP contribution in [0.1, 0.15) is 31.1 Å². The van der Waals surface area contributed by atoms with Crippen LogP contribution in [0, 0.1) is 5.82 Å². The van der Waals surface area contributed by atoms with Crippen molar-refractivity contribution >= 4 is 29.2 Å². The minimum atomic E-state index is -0.779. The van der Waals surface area contributed by atoms with E-state index in [-0.39, 0.29) is 11.1 Å². The lowest BCUT2D eigenvalue weighted by atomic mass is 10.1. The number of benzene rings is 1. The average Bonchev–Trinajstić information content (AvgIpc) is 2.81. The van der Waals surface area contributed by atoms with Gasteiger partial charge in [0.2, 0.25) is 5.95 Å². The van der Waals surface area contributed by atoms with Crippen molar-refractivity contribution in [1.29, 1.82) is 0 Å². The van der Waals surface area contributed by atoms with Gasteiger partial charge in [-0.05, 0) is 45.0 Å². The van der Waals surface area contributed by atoms with Crippen molar-refractivity contribution < 1.29 is 18.7 Å². The van der Waals surface area contributed by atoms with Crippen LogP contribution in [0.25, 0.3) is 11.1 Å². The van der Waals surface area contributed by atoms with E-state index in [4.69, 9.17) is 21.1 Å². The standard InChI is InChI=1S/C24H25ClFN5O3/c1-4-33-22(32)17-7-16(9-27-10-17)18-11-28-23(29-12-18)31-13-15(2)34-24(3,14-31)30-19-5-6-21(26)20(25)8-19/h5-12,15,30H,4,13-14H2,1-3H3. The Labute approximate surface area is 202 Å². The topological polar surface area (TPSA) is 89.5 Å². The monoisotopic (exact) mass is 485 g/mol. The molecule has 3 heterocycles. The van der Waals surface area contributed by atoms with Crippen LogP contribution in [0.15, 0.2) is 49.1 Å². The van der Waals surface area contributed by atoms with Crippen LogP contribution in [0.5, 0.6) is 0 Å². The molecule has 0 radical (unpaired) electrons. The van der Waals surface area contributed by atoms with Crippen molar-refractivity contribution in [2.45, 2.75) is 32.6 Å². The number of morpholine rings is 1. The predicted octanol–water partition coefficient (Wildman–Crippen LogP) is 4.56. The maximum Gasteiger partial charge on any atom is 0.339 e. The Kier molecular flexibility index (Phi) is 6.95. The van der Waals surface area contributed by atoms with E-state index in [1.165, 1.54) is 18.3 Å². The molecule has 3 aromatic rings. The number of hydrogen-bond donors (Lipinski definition) is 1. The van der Waals surface area contributed by atoms with Crippen LogP contribution < -0.4 is 10.2 Å². The van der Waals surface area contributed by atoms with Gasteiger partial charge in [-0.1, -0.05) is 11.6 Å². The van der Waals surface area contributed by atoms with E-state index >= 15 is 0 Å². The number of halogens is 2. The molecule has 1 fully saturated rings. The Morgan fingerprint density at radius 1 is 1.26 bits per heavy atom. The molecule has 1 aromatic carbocycles. The summed E-state index contributed by atoms with van der Waals surface area (Å²) in [6.45, 7) is 6.97. The molecular weight excluding hydrogens is 461 g/mol. The zero-order valence-electron chi connectivity index (χ0n) is 19.1. The van der Waals surface area contributed by atoms with Gasteiger partial charge in [0.05, 0.1) is 29.8 Å². The van der Waals surface area contributed by atoms with E-state index in [9.17, 15) is 9.18 Å². The van der Waals surface area contributed by atoms with Gasteiger partial charge in [-0.15, -0.1) is 0 Å². The van der Waals surface area contributed by atoms with E-state index in [0.717, 1.165) is 5.56 Å². The zero-order valence-corrected chi connectivity index (χ0v) is 19.8. The summed E-state index contributed by atoms with van der Waals surface area (Å²) in [5.74, 6) is -0.363. The highest BCUT2D eigenvalue weighted by atomic mass is 35.5. The Morgan fingerprint density at radius 2 is 2.03 bits per heavy atom. The van der Waals surface area contributed by atoms with Gasteiger partial charge in [0, 0.05) is 48.1 Å². The molecule has 34 heavy (non-hydrogen) atoms. The number of hydrogen-bond acceptors (Lipinski definition) is 8. The number of anilines is 2. The van der Waals surface area contributed by atoms with Gasteiger partial charge in [0.1, 0.15) is 5.82 Å². The van der Waals surface area contributed by atoms with Gasteiger partial charge in [0.15, 0.2) is 5.72 Å². The van der Waals surface area contributed by atoms with Gasteiger partial charge in [0.25, 0.3) is 0 Å². The molecule has 4 rings (SSSR count). The van der Waals surface area contributed by atoms with Gasteiger partial charge in [-0.25, -0.2) is 19.2 Å². The fourth-order valence-electron chi connectivity index (χ4n) is 3.92. The number of aromatic nitrogens is 3. The SMILES string of the molecule is CCOC(=O)c1cncc(-c2cnc(N3CC(C)OC(C)(Nc4ccc(F)c(Cl)c4)C3)nc2)c1. The molecule has 1 saturated heterocycles. The summed E-state index contributed by atoms with van der Waals surface area (Å²) in [4.78, 5) is 27.2. The molecule has 0 aliphatic carbocycles. The van der Waals surface area contributed by atoms with E-state index in [1.54, 1.807) is 37.6 Å². The Bertz CT molecular complexity index is 1180. The van der Waals surface area contributed by atoms with Gasteiger partial charge in [-0.3, -0.25) is 4.98 Å². The number of nitrogens with zero attached hydrogens (tertiary/aromatic N) is 4. The average molecular weight is 486 g/mol. The van der Waals surface area contributed by atoms with Gasteiger partial charge >= 0.3 is 5.97 Å². The zero-order chi connectivity index (χ0) is 24.3. The molecule has 0 spiro atoms. The number of rotatable bonds is 6. The first-order valence-electron chi connectivity index (χ1n) is 10.9. The number of carbonyl (C=O) groups is 1. The van der Waals surface area contributed by atoms with E-state index in [1.807, 2.05) is 18.7 Å². The summed E-state index contributed by atoms with van der Waals surface area (Å²) >= 11 is 5.92. The second kappa shape index (κ2) is 9.90. The number of carbonyl (C=O) groups excluding carboxylic acids is 1. The molecule has 2 atom stereocenters. The smallest absolute Gasteiger partial charge is 0.339 e. The molecule has 1 aliphatic heterocycles. The Morgan fingerprint density at radius 3 is 2.74 bits per heavy atom. The number of esters is 1. The Hall–Kier alpha value is -3.30. The van der Waals surface area contributed by atoms with Crippen LogP contribution in [0.2, 0.25) is 5.02 Å². The van der Waals surface area contributed by atoms with Crippen molar-refractivity contribution in [1.82, 2.24) is 15.0 Å². The largest absolute Gasteiger partial charge is 0.462 e. The van der Waals surface area contributed by atoms with Gasteiger partial charge in [-0.2, -0.15) is 0 Å². The minimum Gasteiger partial charge on any atom is -0.462 e. The highest BCUT2D eigenvalue weighted by Crippen LogP contribution is 2.29. The molecule has 1 N–H and O–H groups in total. The minimum absolute atomic E-state index is 0.0368. The predicted molar refractivity (Wildman–Crippen MR) is 127 cm³/mol. The lowest BCUT2D eigenvalue weighted by Gasteiger charge is -2.44. The molecule has 0 saturated carbocycles. The van der Waals surface area contributed by atoms with Crippen molar-refractivity contribution in [3.05, 3.63) is 65.5 Å². The van der Waals surface area contributed by atoms with E-state index in [0.29, 0.717) is 42.5 Å². The van der Waals surface area contributed by atoms with E-state index in [2.05, 4.69) is 20.3 Å². The third-order valence-electron chi connectivity index (χ3n) is 5.26. The third kappa shape index (κ3) is 5.43. The summed E-state index contributed by atoms with van der Waals surface area (Å²) < 4.78 is 24.7. The lowest BCUT2D eigenvalue weighted by molar-refractivity contribution is -0.0691. The third-order valence-corrected chi connectivity index (χ3v) is 5.55. The molecule has 1 aliphatic rings. The van der Waals surface area contributed by atoms with Crippen molar-refractivity contribution in [3.8, 4) is 11.1 Å². The maximum absolute atomic E-state index is 13.5. The first-order chi connectivity index (χ1) is 16.3. The molecule has 178 valence electrons. The van der Waals surface area contributed by atoms with Crippen molar-refractivity contribution in [2.75, 3.05) is 29.9 Å². The van der Waals surface area contributed by atoms with Crippen LogP contribution in [0.4, 0.5) is 16.0 Å². The summed E-state index contributed by atoms with van der Waals surface area (Å²) in [6.07, 6.45) is 6.38. The van der Waals surface area contributed by atoms with Crippen molar-refractivity contribution in [3.63, 3.8) is 0 Å². The summed E-state index contributed by atoms with van der Waals surface area (Å²) in [5, 5.41) is 3.33. The fourth-order valence-corrected chi connectivity index (χ4v) is 4.10. The first-order valence-corrected chi connectivity index (χ1v) is 11.2. The van der Waals surface area contributed by atoms with Gasteiger partial charge < -0.3 is 19.7 Å². The quantitative estimate of drug-likeness (QED) is 0.508. The van der Waals surface area contributed by atoms with Crippen LogP contribution in [-0.4, -0.2) is 52.4 Å².